The van der Waals surface area contributed by atoms with Gasteiger partial charge in [0.1, 0.15) is 16.5 Å². The Balaban J connectivity index is 2.42. The van der Waals surface area contributed by atoms with Gasteiger partial charge in [0, 0.05) is 0 Å². The third-order valence-electron chi connectivity index (χ3n) is 2.85. The van der Waals surface area contributed by atoms with Crippen LogP contribution >= 0.6 is 0 Å². The van der Waals surface area contributed by atoms with Crippen LogP contribution in [0.4, 0.5) is 10.1 Å². The second kappa shape index (κ2) is 6.14. The van der Waals surface area contributed by atoms with Gasteiger partial charge in [-0.2, -0.15) is 0 Å². The largest absolute Gasteiger partial charge is 0.495 e. The molecule has 124 valence electrons. The molecule has 0 aliphatic carbocycles. The van der Waals surface area contributed by atoms with Gasteiger partial charge in [-0.1, -0.05) is 0 Å². The third-order valence-corrected chi connectivity index (χ3v) is 5.18. The second-order valence-electron chi connectivity index (χ2n) is 4.47. The Morgan fingerprint density at radius 3 is 2.17 bits per heavy atom. The van der Waals surface area contributed by atoms with Crippen LogP contribution in [-0.4, -0.2) is 23.9 Å². The van der Waals surface area contributed by atoms with E-state index in [-0.39, 0.29) is 21.2 Å². The molecule has 0 bridgehead atoms. The van der Waals surface area contributed by atoms with E-state index in [1.54, 1.807) is 0 Å². The lowest BCUT2D eigenvalue weighted by molar-refractivity contribution is 0.403. The minimum atomic E-state index is -4.10. The van der Waals surface area contributed by atoms with Crippen molar-refractivity contribution >= 4 is 25.7 Å². The van der Waals surface area contributed by atoms with E-state index in [1.165, 1.54) is 19.2 Å². The van der Waals surface area contributed by atoms with Gasteiger partial charge in [-0.25, -0.2) is 26.4 Å². The molecule has 2 aromatic rings. The molecule has 0 fully saturated rings. The monoisotopic (exact) mass is 360 g/mol. The third kappa shape index (κ3) is 3.97. The van der Waals surface area contributed by atoms with Crippen molar-refractivity contribution < 1.29 is 26.0 Å². The number of hydrogen-bond donors (Lipinski definition) is 2. The summed E-state index contributed by atoms with van der Waals surface area (Å²) in [7, 11) is -6.85. The van der Waals surface area contributed by atoms with E-state index in [2.05, 4.69) is 4.72 Å². The lowest BCUT2D eigenvalue weighted by atomic mass is 10.3. The summed E-state index contributed by atoms with van der Waals surface area (Å²) in [6.07, 6.45) is 0. The molecular formula is C13H13FN2O5S2. The van der Waals surface area contributed by atoms with Crippen molar-refractivity contribution in [3.63, 3.8) is 0 Å². The Bertz CT molecular complexity index is 925. The first-order valence-corrected chi connectivity index (χ1v) is 9.15. The molecule has 0 heterocycles. The Labute approximate surface area is 133 Å². The van der Waals surface area contributed by atoms with Gasteiger partial charge in [-0.3, -0.25) is 4.72 Å². The van der Waals surface area contributed by atoms with Crippen molar-refractivity contribution in [3.05, 3.63) is 48.3 Å². The number of rotatable bonds is 5. The Hall–Kier alpha value is -2.17. The van der Waals surface area contributed by atoms with Crippen LogP contribution < -0.4 is 14.6 Å². The number of anilines is 1. The maximum atomic E-state index is 12.9. The first-order chi connectivity index (χ1) is 10.6. The summed E-state index contributed by atoms with van der Waals surface area (Å²) in [5.41, 5.74) is -0.0286. The first-order valence-electron chi connectivity index (χ1n) is 6.13. The van der Waals surface area contributed by atoms with Crippen molar-refractivity contribution in [2.75, 3.05) is 11.8 Å². The predicted molar refractivity (Wildman–Crippen MR) is 81.6 cm³/mol. The smallest absolute Gasteiger partial charge is 0.261 e. The van der Waals surface area contributed by atoms with Crippen molar-refractivity contribution in [1.29, 1.82) is 0 Å². The minimum absolute atomic E-state index is 0.0165. The number of halogens is 1. The molecule has 0 saturated carbocycles. The molecule has 0 aliphatic rings. The molecule has 2 aromatic carbocycles. The first kappa shape index (κ1) is 17.2. The maximum absolute atomic E-state index is 12.9. The number of hydrogen-bond acceptors (Lipinski definition) is 5. The van der Waals surface area contributed by atoms with Gasteiger partial charge in [0.2, 0.25) is 10.0 Å². The number of methoxy groups -OCH3 is 1. The van der Waals surface area contributed by atoms with Gasteiger partial charge >= 0.3 is 0 Å². The zero-order chi connectivity index (χ0) is 17.3. The molecule has 7 nitrogen and oxygen atoms in total. The van der Waals surface area contributed by atoms with Crippen LogP contribution in [0.5, 0.6) is 5.75 Å². The fourth-order valence-corrected chi connectivity index (χ4v) is 3.56. The fourth-order valence-electron chi connectivity index (χ4n) is 1.79. The van der Waals surface area contributed by atoms with Gasteiger partial charge in [0.15, 0.2) is 0 Å². The number of nitrogens with one attached hydrogen (secondary N) is 1. The van der Waals surface area contributed by atoms with Crippen molar-refractivity contribution in [3.8, 4) is 5.75 Å². The summed E-state index contributed by atoms with van der Waals surface area (Å²) < 4.78 is 67.3. The summed E-state index contributed by atoms with van der Waals surface area (Å²) in [6.45, 7) is 0. The van der Waals surface area contributed by atoms with E-state index in [9.17, 15) is 21.2 Å². The van der Waals surface area contributed by atoms with Crippen LogP contribution in [-0.2, 0) is 20.0 Å². The summed E-state index contributed by atoms with van der Waals surface area (Å²) in [5, 5.41) is 5.07. The quantitative estimate of drug-likeness (QED) is 0.833. The molecule has 23 heavy (non-hydrogen) atoms. The van der Waals surface area contributed by atoms with Crippen LogP contribution in [0.15, 0.2) is 52.3 Å². The Morgan fingerprint density at radius 2 is 1.65 bits per heavy atom. The van der Waals surface area contributed by atoms with Gasteiger partial charge in [0.25, 0.3) is 10.0 Å². The second-order valence-corrected chi connectivity index (χ2v) is 7.68. The lowest BCUT2D eigenvalue weighted by Crippen LogP contribution is -2.16. The van der Waals surface area contributed by atoms with E-state index in [0.717, 1.165) is 30.3 Å². The van der Waals surface area contributed by atoms with E-state index in [0.29, 0.717) is 0 Å². The van der Waals surface area contributed by atoms with Gasteiger partial charge in [-0.15, -0.1) is 0 Å². The molecule has 3 N–H and O–H groups in total. The predicted octanol–water partition coefficient (Wildman–Crippen LogP) is 1.28. The minimum Gasteiger partial charge on any atom is -0.495 e. The highest BCUT2D eigenvalue weighted by Crippen LogP contribution is 2.27. The normalized spacial score (nSPS) is 12.0. The van der Waals surface area contributed by atoms with Crippen molar-refractivity contribution in [2.45, 2.75) is 9.79 Å². The molecule has 0 spiro atoms. The number of benzene rings is 2. The lowest BCUT2D eigenvalue weighted by Gasteiger charge is -2.11. The summed E-state index contributed by atoms with van der Waals surface area (Å²) in [6, 6.07) is 7.78. The topological polar surface area (TPSA) is 116 Å². The van der Waals surface area contributed by atoms with Crippen LogP contribution in [0, 0.1) is 5.82 Å². The van der Waals surface area contributed by atoms with E-state index >= 15 is 0 Å². The zero-order valence-electron chi connectivity index (χ0n) is 11.9. The van der Waals surface area contributed by atoms with Crippen LogP contribution in [0.2, 0.25) is 0 Å². The van der Waals surface area contributed by atoms with Gasteiger partial charge in [-0.05, 0) is 42.5 Å². The van der Waals surface area contributed by atoms with E-state index in [4.69, 9.17) is 9.88 Å². The van der Waals surface area contributed by atoms with E-state index in [1.807, 2.05) is 0 Å². The van der Waals surface area contributed by atoms with E-state index < -0.39 is 25.9 Å². The Morgan fingerprint density at radius 1 is 1.04 bits per heavy atom. The molecule has 10 heteroatoms. The average molecular weight is 360 g/mol. The van der Waals surface area contributed by atoms with Crippen molar-refractivity contribution in [1.82, 2.24) is 0 Å². The molecule has 0 saturated heterocycles. The average Bonchev–Trinajstić information content (AvgIpc) is 2.46. The standard InChI is InChI=1S/C13H13FN2O5S2/c1-21-12-7-4-10(8-13(12)22(15,17)18)16-23(19,20)11-5-2-9(14)3-6-11/h2-8,16H,1H3,(H2,15,17,18). The molecule has 0 atom stereocenters. The molecule has 0 unspecified atom stereocenters. The highest BCUT2D eigenvalue weighted by molar-refractivity contribution is 7.92. The molecule has 0 aliphatic heterocycles. The van der Waals surface area contributed by atoms with Crippen LogP contribution in [0.3, 0.4) is 0 Å². The number of nitrogens with two attached hydrogens (primary N) is 1. The number of ether oxygens (including phenoxy) is 1. The molecular weight excluding hydrogens is 347 g/mol. The molecule has 2 rings (SSSR count). The maximum Gasteiger partial charge on any atom is 0.261 e. The van der Waals surface area contributed by atoms with Gasteiger partial charge in [0.05, 0.1) is 17.7 Å². The molecule has 0 amide bonds. The summed E-state index contributed by atoms with van der Waals surface area (Å²) in [5.74, 6) is -0.595. The van der Waals surface area contributed by atoms with Crippen molar-refractivity contribution in [2.24, 2.45) is 5.14 Å². The summed E-state index contributed by atoms with van der Waals surface area (Å²) in [4.78, 5) is -0.536. The highest BCUT2D eigenvalue weighted by atomic mass is 32.2. The zero-order valence-corrected chi connectivity index (χ0v) is 13.5. The number of sulfonamides is 2. The fraction of sp³-hybridized carbons (Fsp3) is 0.0769. The highest BCUT2D eigenvalue weighted by Gasteiger charge is 2.19. The van der Waals surface area contributed by atoms with Gasteiger partial charge < -0.3 is 4.74 Å². The molecule has 0 aromatic heterocycles. The Kier molecular flexibility index (Phi) is 4.59. The number of primary sulfonamides is 1. The summed E-state index contributed by atoms with van der Waals surface area (Å²) >= 11 is 0. The molecule has 0 radical (unpaired) electrons. The SMILES string of the molecule is COc1ccc(NS(=O)(=O)c2ccc(F)cc2)cc1S(N)(=O)=O. The van der Waals surface area contributed by atoms with Crippen LogP contribution in [0.1, 0.15) is 0 Å². The van der Waals surface area contributed by atoms with Crippen LogP contribution in [0.25, 0.3) is 0 Å².